The van der Waals surface area contributed by atoms with E-state index in [1.165, 1.54) is 0 Å². The Hall–Kier alpha value is -1.22. The van der Waals surface area contributed by atoms with Gasteiger partial charge in [0.1, 0.15) is 0 Å². The molecule has 3 heteroatoms. The van der Waals surface area contributed by atoms with Crippen LogP contribution >= 0.6 is 0 Å². The Bertz CT molecular complexity index is 362. The van der Waals surface area contributed by atoms with Crippen molar-refractivity contribution in [2.24, 2.45) is 11.1 Å². The maximum absolute atomic E-state index is 12.4. The summed E-state index contributed by atoms with van der Waals surface area (Å²) in [5.41, 5.74) is 7.02. The third kappa shape index (κ3) is 2.30. The molecule has 16 heavy (non-hydrogen) atoms. The van der Waals surface area contributed by atoms with Gasteiger partial charge in [-0.25, -0.2) is 0 Å². The van der Waals surface area contributed by atoms with Crippen LogP contribution < -0.4 is 5.73 Å². The largest absolute Gasteiger partial charge is 0.329 e. The van der Waals surface area contributed by atoms with Crippen molar-refractivity contribution in [2.45, 2.75) is 33.6 Å². The first-order chi connectivity index (χ1) is 7.59. The number of ketones is 1. The molecule has 1 aromatic rings. The van der Waals surface area contributed by atoms with Crippen molar-refractivity contribution in [2.75, 3.05) is 6.54 Å². The monoisotopic (exact) mass is 220 g/mol. The molecule has 0 saturated carbocycles. The van der Waals surface area contributed by atoms with E-state index in [1.807, 2.05) is 26.8 Å². The number of Topliss-reactive ketones (excluding diaryl/α,β-unsaturated/α-hetero) is 1. The molecule has 0 aliphatic rings. The molecule has 0 aliphatic carbocycles. The minimum Gasteiger partial charge on any atom is -0.329 e. The maximum atomic E-state index is 12.4. The van der Waals surface area contributed by atoms with Gasteiger partial charge in [0, 0.05) is 29.9 Å². The lowest BCUT2D eigenvalue weighted by Crippen LogP contribution is -2.37. The van der Waals surface area contributed by atoms with Crippen LogP contribution in [0.4, 0.5) is 0 Å². The van der Waals surface area contributed by atoms with Crippen LogP contribution in [-0.2, 0) is 0 Å². The molecule has 1 aromatic heterocycles. The van der Waals surface area contributed by atoms with Gasteiger partial charge in [0.2, 0.25) is 0 Å². The number of nitrogens with zero attached hydrogens (tertiary/aromatic N) is 1. The van der Waals surface area contributed by atoms with Gasteiger partial charge in [0.25, 0.3) is 0 Å². The average Bonchev–Trinajstić information content (AvgIpc) is 2.32. The van der Waals surface area contributed by atoms with Gasteiger partial charge in [-0.3, -0.25) is 9.78 Å². The van der Waals surface area contributed by atoms with Crippen molar-refractivity contribution in [3.63, 3.8) is 0 Å². The van der Waals surface area contributed by atoms with Crippen LogP contribution in [0.1, 0.15) is 42.6 Å². The van der Waals surface area contributed by atoms with Crippen LogP contribution in [0.3, 0.4) is 0 Å². The molecule has 1 heterocycles. The summed E-state index contributed by atoms with van der Waals surface area (Å²) in [6.45, 7) is 6.35. The zero-order valence-electron chi connectivity index (χ0n) is 10.3. The van der Waals surface area contributed by atoms with Gasteiger partial charge in [0.15, 0.2) is 5.78 Å². The maximum Gasteiger partial charge on any atom is 0.171 e. The smallest absolute Gasteiger partial charge is 0.171 e. The second kappa shape index (κ2) is 5.21. The summed E-state index contributed by atoms with van der Waals surface area (Å²) in [6, 6.07) is 1.88. The Labute approximate surface area is 97.1 Å². The summed E-state index contributed by atoms with van der Waals surface area (Å²) in [5.74, 6) is 0.121. The molecule has 0 atom stereocenters. The molecule has 0 aliphatic heterocycles. The van der Waals surface area contributed by atoms with Crippen LogP contribution in [0.2, 0.25) is 0 Å². The molecule has 0 amide bonds. The van der Waals surface area contributed by atoms with E-state index in [9.17, 15) is 4.79 Å². The standard InChI is InChI=1S/C13H20N2O/c1-4-13(5-2,9-14)12(16)11-6-10(3)7-15-8-11/h6-8H,4-5,9,14H2,1-3H3. The van der Waals surface area contributed by atoms with E-state index in [-0.39, 0.29) is 5.78 Å². The molecule has 0 bridgehead atoms. The first-order valence-corrected chi connectivity index (χ1v) is 5.76. The lowest BCUT2D eigenvalue weighted by molar-refractivity contribution is 0.0787. The number of carbonyl (C=O) groups is 1. The summed E-state index contributed by atoms with van der Waals surface area (Å²) in [6.07, 6.45) is 4.92. The number of aromatic nitrogens is 1. The Morgan fingerprint density at radius 1 is 1.38 bits per heavy atom. The van der Waals surface area contributed by atoms with Crippen molar-refractivity contribution in [1.29, 1.82) is 0 Å². The molecule has 0 saturated heterocycles. The van der Waals surface area contributed by atoms with Crippen LogP contribution in [0.5, 0.6) is 0 Å². The Kier molecular flexibility index (Phi) is 4.19. The molecule has 0 aromatic carbocycles. The zero-order valence-corrected chi connectivity index (χ0v) is 10.3. The first kappa shape index (κ1) is 12.8. The number of nitrogens with two attached hydrogens (primary N) is 1. The highest BCUT2D eigenvalue weighted by atomic mass is 16.1. The Morgan fingerprint density at radius 2 is 2.00 bits per heavy atom. The van der Waals surface area contributed by atoms with Crippen LogP contribution in [0, 0.1) is 12.3 Å². The molecule has 1 rings (SSSR count). The van der Waals surface area contributed by atoms with Gasteiger partial charge in [-0.2, -0.15) is 0 Å². The third-order valence-electron chi connectivity index (χ3n) is 3.36. The van der Waals surface area contributed by atoms with Crippen molar-refractivity contribution in [3.8, 4) is 0 Å². The summed E-state index contributed by atoms with van der Waals surface area (Å²) < 4.78 is 0. The van der Waals surface area contributed by atoms with E-state index in [2.05, 4.69) is 4.98 Å². The minimum atomic E-state index is -0.421. The molecule has 0 fully saturated rings. The highest BCUT2D eigenvalue weighted by Crippen LogP contribution is 2.29. The minimum absolute atomic E-state index is 0.121. The lowest BCUT2D eigenvalue weighted by atomic mass is 9.76. The number of aryl methyl sites for hydroxylation is 1. The van der Waals surface area contributed by atoms with Gasteiger partial charge >= 0.3 is 0 Å². The highest BCUT2D eigenvalue weighted by Gasteiger charge is 2.34. The number of hydrogen-bond acceptors (Lipinski definition) is 3. The number of rotatable bonds is 5. The Balaban J connectivity index is 3.09. The van der Waals surface area contributed by atoms with E-state index in [4.69, 9.17) is 5.73 Å². The van der Waals surface area contributed by atoms with Gasteiger partial charge in [-0.15, -0.1) is 0 Å². The van der Waals surface area contributed by atoms with Gasteiger partial charge in [0.05, 0.1) is 0 Å². The number of pyridine rings is 1. The van der Waals surface area contributed by atoms with E-state index < -0.39 is 5.41 Å². The average molecular weight is 220 g/mol. The second-order valence-electron chi connectivity index (χ2n) is 4.27. The predicted molar refractivity (Wildman–Crippen MR) is 65.4 cm³/mol. The van der Waals surface area contributed by atoms with Crippen molar-refractivity contribution in [1.82, 2.24) is 4.98 Å². The fourth-order valence-corrected chi connectivity index (χ4v) is 1.94. The fourth-order valence-electron chi connectivity index (χ4n) is 1.94. The van der Waals surface area contributed by atoms with Gasteiger partial charge in [-0.1, -0.05) is 13.8 Å². The fraction of sp³-hybridized carbons (Fsp3) is 0.538. The Morgan fingerprint density at radius 3 is 2.44 bits per heavy atom. The van der Waals surface area contributed by atoms with E-state index in [0.29, 0.717) is 12.1 Å². The van der Waals surface area contributed by atoms with Gasteiger partial charge in [-0.05, 0) is 31.4 Å². The molecule has 0 radical (unpaired) electrons. The first-order valence-electron chi connectivity index (χ1n) is 5.76. The quantitative estimate of drug-likeness (QED) is 0.775. The van der Waals surface area contributed by atoms with Crippen LogP contribution in [-0.4, -0.2) is 17.3 Å². The third-order valence-corrected chi connectivity index (χ3v) is 3.36. The molecule has 3 nitrogen and oxygen atoms in total. The highest BCUT2D eigenvalue weighted by molar-refractivity contribution is 6.00. The summed E-state index contributed by atoms with van der Waals surface area (Å²) in [7, 11) is 0. The van der Waals surface area contributed by atoms with Gasteiger partial charge < -0.3 is 5.73 Å². The number of hydrogen-bond donors (Lipinski definition) is 1. The lowest BCUT2D eigenvalue weighted by Gasteiger charge is -2.28. The van der Waals surface area contributed by atoms with Crippen molar-refractivity contribution in [3.05, 3.63) is 29.6 Å². The normalized spacial score (nSPS) is 11.5. The second-order valence-corrected chi connectivity index (χ2v) is 4.27. The molecule has 2 N–H and O–H groups in total. The molecular formula is C13H20N2O. The predicted octanol–water partition coefficient (Wildman–Crippen LogP) is 2.34. The summed E-state index contributed by atoms with van der Waals surface area (Å²) in [4.78, 5) is 16.5. The molecule has 88 valence electrons. The molecular weight excluding hydrogens is 200 g/mol. The van der Waals surface area contributed by atoms with Crippen LogP contribution in [0.25, 0.3) is 0 Å². The van der Waals surface area contributed by atoms with Crippen molar-refractivity contribution < 1.29 is 4.79 Å². The van der Waals surface area contributed by atoms with Crippen molar-refractivity contribution >= 4 is 5.78 Å². The van der Waals surface area contributed by atoms with E-state index in [1.54, 1.807) is 12.4 Å². The molecule has 0 spiro atoms. The SMILES string of the molecule is CCC(CC)(CN)C(=O)c1cncc(C)c1. The van der Waals surface area contributed by atoms with Crippen LogP contribution in [0.15, 0.2) is 18.5 Å². The topological polar surface area (TPSA) is 56.0 Å². The molecule has 0 unspecified atom stereocenters. The number of carbonyl (C=O) groups excluding carboxylic acids is 1. The zero-order chi connectivity index (χ0) is 12.2. The van der Waals surface area contributed by atoms with E-state index >= 15 is 0 Å². The van der Waals surface area contributed by atoms with E-state index in [0.717, 1.165) is 18.4 Å². The summed E-state index contributed by atoms with van der Waals surface area (Å²) in [5, 5.41) is 0. The summed E-state index contributed by atoms with van der Waals surface area (Å²) >= 11 is 0.